The molecule has 0 heterocycles. The molecule has 0 unspecified atom stereocenters. The van der Waals surface area contributed by atoms with Gasteiger partial charge >= 0.3 is 5.97 Å². The quantitative estimate of drug-likeness (QED) is 0.0162. The maximum Gasteiger partial charge on any atom is 0.326 e. The molecule has 0 bridgehead atoms. The second-order valence-corrected chi connectivity index (χ2v) is 17.6. The topological polar surface area (TPSA) is 357 Å². The minimum atomic E-state index is -1.27. The van der Waals surface area contributed by atoms with Crippen molar-refractivity contribution in [3.05, 3.63) is 0 Å². The summed E-state index contributed by atoms with van der Waals surface area (Å²) in [6.07, 6.45) is 2.79. The maximum atomic E-state index is 13.9. The molecule has 0 aliphatic carbocycles. The average molecular weight is 915 g/mol. The first-order valence-corrected chi connectivity index (χ1v) is 22.5. The summed E-state index contributed by atoms with van der Waals surface area (Å²) in [5.41, 5.74) is 22.6. The van der Waals surface area contributed by atoms with Crippen LogP contribution < -0.4 is 60.2 Å². The molecular formula is C41H78N12O9S. The fourth-order valence-corrected chi connectivity index (χ4v) is 6.57. The van der Waals surface area contributed by atoms with Gasteiger partial charge in [-0.25, -0.2) is 4.79 Å². The van der Waals surface area contributed by atoms with E-state index in [9.17, 15) is 43.5 Å². The van der Waals surface area contributed by atoms with Gasteiger partial charge in [0.05, 0.1) is 12.6 Å². The molecule has 362 valence electrons. The number of amides is 7. The summed E-state index contributed by atoms with van der Waals surface area (Å²) in [4.78, 5) is 110. The maximum absolute atomic E-state index is 13.9. The van der Waals surface area contributed by atoms with Crippen molar-refractivity contribution < 1.29 is 43.5 Å². The van der Waals surface area contributed by atoms with Crippen LogP contribution in [-0.2, 0) is 38.4 Å². The SMILES string of the molecule is CC[C@H](C)[C@H](NC(=O)[C@H](CS)NC(=O)[C@H](CCCN=C(N)N)NC(=O)[C@H](CC(C)C)NC(=O)[C@H](CC(C)C)NC(=O)CNC(=O)[C@H](CCCCN)NC(=O)[C@@H](N)CC(C)C)C(=O)O. The monoisotopic (exact) mass is 915 g/mol. The third-order valence-electron chi connectivity index (χ3n) is 9.93. The molecule has 0 aliphatic heterocycles. The van der Waals surface area contributed by atoms with E-state index in [0.717, 1.165) is 0 Å². The van der Waals surface area contributed by atoms with Crippen LogP contribution in [0.1, 0.15) is 113 Å². The number of guanidine groups is 1. The van der Waals surface area contributed by atoms with E-state index >= 15 is 0 Å². The summed E-state index contributed by atoms with van der Waals surface area (Å²) in [5.74, 6) is -6.90. The van der Waals surface area contributed by atoms with Crippen molar-refractivity contribution in [2.75, 3.05) is 25.4 Å². The lowest BCUT2D eigenvalue weighted by Crippen LogP contribution is -2.60. The van der Waals surface area contributed by atoms with Crippen LogP contribution in [0.15, 0.2) is 4.99 Å². The van der Waals surface area contributed by atoms with E-state index in [2.05, 4.69) is 54.8 Å². The normalized spacial score (nSPS) is 15.1. The van der Waals surface area contributed by atoms with E-state index in [1.54, 1.807) is 13.8 Å². The highest BCUT2D eigenvalue weighted by molar-refractivity contribution is 7.80. The van der Waals surface area contributed by atoms with Crippen molar-refractivity contribution in [3.63, 3.8) is 0 Å². The summed E-state index contributed by atoms with van der Waals surface area (Å²) in [6.45, 7) is 14.6. The Balaban J connectivity index is 6.20. The lowest BCUT2D eigenvalue weighted by molar-refractivity contribution is -0.143. The first-order valence-electron chi connectivity index (χ1n) is 21.9. The van der Waals surface area contributed by atoms with Crippen LogP contribution in [0.25, 0.3) is 0 Å². The molecule has 0 fully saturated rings. The summed E-state index contributed by atoms with van der Waals surface area (Å²) in [5, 5.41) is 27.9. The van der Waals surface area contributed by atoms with Gasteiger partial charge < -0.3 is 65.3 Å². The number of hydrogen-bond acceptors (Lipinski definition) is 12. The Morgan fingerprint density at radius 2 is 1.06 bits per heavy atom. The van der Waals surface area contributed by atoms with Gasteiger partial charge in [0.2, 0.25) is 41.4 Å². The Kier molecular flexibility index (Phi) is 28.9. The molecule has 0 spiro atoms. The molecule has 7 amide bonds. The fourth-order valence-electron chi connectivity index (χ4n) is 6.32. The van der Waals surface area contributed by atoms with Gasteiger partial charge in [0.25, 0.3) is 0 Å². The molecule has 21 nitrogen and oxygen atoms in total. The van der Waals surface area contributed by atoms with Crippen LogP contribution >= 0.6 is 12.6 Å². The van der Waals surface area contributed by atoms with Crippen molar-refractivity contribution in [3.8, 4) is 0 Å². The molecule has 16 N–H and O–H groups in total. The highest BCUT2D eigenvalue weighted by Gasteiger charge is 2.34. The molecule has 0 aromatic carbocycles. The van der Waals surface area contributed by atoms with E-state index in [-0.39, 0.29) is 68.1 Å². The fraction of sp³-hybridized carbons (Fsp3) is 0.780. The van der Waals surface area contributed by atoms with Crippen molar-refractivity contribution in [1.82, 2.24) is 37.2 Å². The Hall–Kier alpha value is -4.70. The van der Waals surface area contributed by atoms with Gasteiger partial charge in [-0.05, 0) is 81.6 Å². The van der Waals surface area contributed by atoms with Crippen molar-refractivity contribution in [2.45, 2.75) is 155 Å². The van der Waals surface area contributed by atoms with Gasteiger partial charge in [-0.1, -0.05) is 61.8 Å². The van der Waals surface area contributed by atoms with Gasteiger partial charge in [-0.15, -0.1) is 0 Å². The molecule has 0 saturated heterocycles. The largest absolute Gasteiger partial charge is 0.480 e. The smallest absolute Gasteiger partial charge is 0.326 e. The Labute approximate surface area is 378 Å². The Bertz CT molecular complexity index is 1510. The Morgan fingerprint density at radius 3 is 1.56 bits per heavy atom. The van der Waals surface area contributed by atoms with Crippen LogP contribution in [0, 0.1) is 23.7 Å². The lowest BCUT2D eigenvalue weighted by atomic mass is 9.99. The molecule has 0 aromatic heterocycles. The zero-order valence-corrected chi connectivity index (χ0v) is 39.4. The second-order valence-electron chi connectivity index (χ2n) is 17.2. The molecule has 22 heteroatoms. The van der Waals surface area contributed by atoms with E-state index in [1.807, 2.05) is 41.5 Å². The zero-order chi connectivity index (χ0) is 48.4. The summed E-state index contributed by atoms with van der Waals surface area (Å²) >= 11 is 4.20. The Morgan fingerprint density at radius 1 is 0.603 bits per heavy atom. The van der Waals surface area contributed by atoms with Crippen LogP contribution in [0.5, 0.6) is 0 Å². The number of nitrogens with zero attached hydrogens (tertiary/aromatic N) is 1. The van der Waals surface area contributed by atoms with Gasteiger partial charge in [0.15, 0.2) is 5.96 Å². The molecule has 0 rings (SSSR count). The number of rotatable bonds is 32. The number of unbranched alkanes of at least 4 members (excludes halogenated alkanes) is 1. The number of carbonyl (C=O) groups excluding carboxylic acids is 7. The zero-order valence-electron chi connectivity index (χ0n) is 38.5. The van der Waals surface area contributed by atoms with E-state index in [0.29, 0.717) is 32.2 Å². The van der Waals surface area contributed by atoms with E-state index in [1.165, 1.54) is 0 Å². The summed E-state index contributed by atoms with van der Waals surface area (Å²) in [7, 11) is 0. The van der Waals surface area contributed by atoms with Crippen molar-refractivity contribution in [2.24, 2.45) is 51.6 Å². The van der Waals surface area contributed by atoms with Gasteiger partial charge in [-0.2, -0.15) is 12.6 Å². The molecule has 0 aromatic rings. The number of thiol groups is 1. The highest BCUT2D eigenvalue weighted by Crippen LogP contribution is 2.12. The van der Waals surface area contributed by atoms with Crippen molar-refractivity contribution in [1.29, 1.82) is 0 Å². The van der Waals surface area contributed by atoms with E-state index < -0.39 is 102 Å². The summed E-state index contributed by atoms with van der Waals surface area (Å²) < 4.78 is 0. The number of carbonyl (C=O) groups is 8. The number of aliphatic carboxylic acids is 1. The molecule has 0 radical (unpaired) electrons. The summed E-state index contributed by atoms with van der Waals surface area (Å²) in [6, 6.07) is -7.87. The first kappa shape index (κ1) is 58.3. The molecule has 0 saturated carbocycles. The molecule has 8 atom stereocenters. The standard InChI is InChI=1S/C41H78N12O9S/c1-9-25(8)33(40(61)62)53-39(60)31(21-63)52-36(57)28(14-12-16-46-41(44)45)50-38(59)30(19-24(6)7)51-37(58)29(18-23(4)5)48-32(54)20-47-35(56)27(13-10-11-15-42)49-34(55)26(43)17-22(2)3/h22-31,33,63H,9-21,42-43H2,1-8H3,(H,47,56)(H,48,54)(H,49,55)(H,50,59)(H,51,58)(H,52,57)(H,53,60)(H,61,62)(H4,44,45,46)/t25-,26-,27-,28-,29-,30-,31-,33-/m0/s1. The number of hydrogen-bond donors (Lipinski definition) is 13. The average Bonchev–Trinajstić information content (AvgIpc) is 3.19. The molecule has 0 aliphatic rings. The number of carboxylic acids is 1. The number of aliphatic imine (C=N–C) groups is 1. The highest BCUT2D eigenvalue weighted by atomic mass is 32.1. The predicted octanol–water partition coefficient (Wildman–Crippen LogP) is -1.28. The second kappa shape index (κ2) is 31.2. The van der Waals surface area contributed by atoms with Crippen LogP contribution in [0.4, 0.5) is 0 Å². The lowest BCUT2D eigenvalue weighted by Gasteiger charge is -2.28. The molecular weight excluding hydrogens is 837 g/mol. The first-order chi connectivity index (χ1) is 29.5. The van der Waals surface area contributed by atoms with Crippen LogP contribution in [-0.4, -0.2) is 126 Å². The number of carboxylic acid groups (broad SMARTS) is 1. The minimum absolute atomic E-state index is 0.00227. The molecule has 63 heavy (non-hydrogen) atoms. The third-order valence-corrected chi connectivity index (χ3v) is 10.3. The van der Waals surface area contributed by atoms with E-state index in [4.69, 9.17) is 22.9 Å². The van der Waals surface area contributed by atoms with Crippen LogP contribution in [0.3, 0.4) is 0 Å². The minimum Gasteiger partial charge on any atom is -0.480 e. The van der Waals surface area contributed by atoms with Gasteiger partial charge in [0.1, 0.15) is 36.3 Å². The third kappa shape index (κ3) is 24.7. The number of nitrogens with two attached hydrogens (primary N) is 4. The van der Waals surface area contributed by atoms with Gasteiger partial charge in [0, 0.05) is 12.3 Å². The predicted molar refractivity (Wildman–Crippen MR) is 245 cm³/mol. The van der Waals surface area contributed by atoms with Crippen LogP contribution in [0.2, 0.25) is 0 Å². The number of nitrogens with one attached hydrogen (secondary N) is 7. The van der Waals surface area contributed by atoms with Crippen molar-refractivity contribution >= 4 is 65.9 Å². The van der Waals surface area contributed by atoms with Gasteiger partial charge in [-0.3, -0.25) is 38.6 Å².